The SMILES string of the molecule is Cc1ccc(CC(=O)c2cc(C)c(C)s2)cc1. The van der Waals surface area contributed by atoms with Crippen molar-refractivity contribution < 1.29 is 4.79 Å². The van der Waals surface area contributed by atoms with E-state index in [0.29, 0.717) is 6.42 Å². The summed E-state index contributed by atoms with van der Waals surface area (Å²) in [5.74, 6) is 0.218. The van der Waals surface area contributed by atoms with Crippen molar-refractivity contribution in [2.24, 2.45) is 0 Å². The zero-order valence-corrected chi connectivity index (χ0v) is 11.2. The van der Waals surface area contributed by atoms with Crippen LogP contribution in [-0.4, -0.2) is 5.78 Å². The first-order valence-corrected chi connectivity index (χ1v) is 6.53. The number of aryl methyl sites for hydroxylation is 3. The van der Waals surface area contributed by atoms with Crippen LogP contribution in [0.3, 0.4) is 0 Å². The molecule has 2 aromatic rings. The third kappa shape index (κ3) is 2.83. The molecule has 17 heavy (non-hydrogen) atoms. The van der Waals surface area contributed by atoms with Crippen LogP contribution in [0.2, 0.25) is 0 Å². The van der Waals surface area contributed by atoms with Gasteiger partial charge in [-0.2, -0.15) is 0 Å². The summed E-state index contributed by atoms with van der Waals surface area (Å²) in [6.07, 6.45) is 0.500. The Balaban J connectivity index is 2.14. The Morgan fingerprint density at radius 3 is 2.29 bits per heavy atom. The lowest BCUT2D eigenvalue weighted by molar-refractivity contribution is 0.0997. The maximum absolute atomic E-state index is 12.1. The van der Waals surface area contributed by atoms with E-state index in [1.807, 2.05) is 30.3 Å². The predicted molar refractivity (Wildman–Crippen MR) is 73.0 cm³/mol. The van der Waals surface area contributed by atoms with Gasteiger partial charge in [-0.25, -0.2) is 0 Å². The van der Waals surface area contributed by atoms with E-state index in [0.717, 1.165) is 10.4 Å². The van der Waals surface area contributed by atoms with E-state index in [4.69, 9.17) is 0 Å². The van der Waals surface area contributed by atoms with Gasteiger partial charge in [0.05, 0.1) is 4.88 Å². The van der Waals surface area contributed by atoms with Crippen molar-refractivity contribution in [3.8, 4) is 0 Å². The van der Waals surface area contributed by atoms with Gasteiger partial charge in [0, 0.05) is 11.3 Å². The molecule has 0 atom stereocenters. The lowest BCUT2D eigenvalue weighted by Crippen LogP contribution is -2.00. The van der Waals surface area contributed by atoms with Gasteiger partial charge in [-0.1, -0.05) is 29.8 Å². The van der Waals surface area contributed by atoms with E-state index in [1.165, 1.54) is 16.0 Å². The molecule has 1 nitrogen and oxygen atoms in total. The average molecular weight is 244 g/mol. The molecule has 0 radical (unpaired) electrons. The van der Waals surface area contributed by atoms with E-state index in [2.05, 4.69) is 20.8 Å². The fourth-order valence-corrected chi connectivity index (χ4v) is 2.66. The van der Waals surface area contributed by atoms with Crippen LogP contribution in [0.15, 0.2) is 30.3 Å². The Hall–Kier alpha value is -1.41. The monoisotopic (exact) mass is 244 g/mol. The van der Waals surface area contributed by atoms with Crippen LogP contribution in [0.1, 0.15) is 31.2 Å². The summed E-state index contributed by atoms with van der Waals surface area (Å²) in [7, 11) is 0. The third-order valence-electron chi connectivity index (χ3n) is 2.93. The summed E-state index contributed by atoms with van der Waals surface area (Å²) in [5, 5.41) is 0. The van der Waals surface area contributed by atoms with Gasteiger partial charge >= 0.3 is 0 Å². The van der Waals surface area contributed by atoms with Gasteiger partial charge in [0.2, 0.25) is 0 Å². The second-order valence-electron chi connectivity index (χ2n) is 4.44. The largest absolute Gasteiger partial charge is 0.293 e. The molecule has 0 saturated carbocycles. The summed E-state index contributed by atoms with van der Waals surface area (Å²) >= 11 is 1.60. The highest BCUT2D eigenvalue weighted by Crippen LogP contribution is 2.22. The minimum Gasteiger partial charge on any atom is -0.293 e. The Labute approximate surface area is 106 Å². The molecule has 0 amide bonds. The molecule has 0 aliphatic heterocycles. The quantitative estimate of drug-likeness (QED) is 0.743. The van der Waals surface area contributed by atoms with E-state index in [-0.39, 0.29) is 5.78 Å². The first kappa shape index (κ1) is 12.1. The maximum atomic E-state index is 12.1. The minimum atomic E-state index is 0.218. The molecule has 0 unspecified atom stereocenters. The van der Waals surface area contributed by atoms with E-state index < -0.39 is 0 Å². The lowest BCUT2D eigenvalue weighted by atomic mass is 10.1. The molecule has 0 spiro atoms. The van der Waals surface area contributed by atoms with Crippen LogP contribution >= 0.6 is 11.3 Å². The molecule has 88 valence electrons. The fraction of sp³-hybridized carbons (Fsp3) is 0.267. The van der Waals surface area contributed by atoms with Crippen LogP contribution in [0.25, 0.3) is 0 Å². The smallest absolute Gasteiger partial charge is 0.177 e. The first-order chi connectivity index (χ1) is 8.06. The number of carbonyl (C=O) groups excluding carboxylic acids is 1. The molecule has 1 heterocycles. The molecule has 0 saturated heterocycles. The molecule has 0 N–H and O–H groups in total. The Bertz CT molecular complexity index is 515. The van der Waals surface area contributed by atoms with Gasteiger partial charge < -0.3 is 0 Å². The molecule has 2 heteroatoms. The molecule has 2 rings (SSSR count). The van der Waals surface area contributed by atoms with Crippen molar-refractivity contribution >= 4 is 17.1 Å². The molecular weight excluding hydrogens is 228 g/mol. The second-order valence-corrected chi connectivity index (χ2v) is 5.69. The van der Waals surface area contributed by atoms with Gasteiger partial charge in [0.15, 0.2) is 5.78 Å². The van der Waals surface area contributed by atoms with Crippen molar-refractivity contribution in [3.63, 3.8) is 0 Å². The standard InChI is InChI=1S/C15H16OS/c1-10-4-6-13(7-5-10)9-14(16)15-8-11(2)12(3)17-15/h4-8H,9H2,1-3H3. The van der Waals surface area contributed by atoms with Crippen LogP contribution in [0.4, 0.5) is 0 Å². The topological polar surface area (TPSA) is 17.1 Å². The highest BCUT2D eigenvalue weighted by molar-refractivity contribution is 7.14. The summed E-state index contributed by atoms with van der Waals surface area (Å²) in [5.41, 5.74) is 3.52. The van der Waals surface area contributed by atoms with Gasteiger partial charge in [-0.15, -0.1) is 11.3 Å². The number of benzene rings is 1. The zero-order valence-electron chi connectivity index (χ0n) is 10.4. The number of carbonyl (C=O) groups is 1. The van der Waals surface area contributed by atoms with Crippen LogP contribution in [-0.2, 0) is 6.42 Å². The highest BCUT2D eigenvalue weighted by atomic mass is 32.1. The van der Waals surface area contributed by atoms with Crippen molar-refractivity contribution in [3.05, 3.63) is 56.8 Å². The van der Waals surface area contributed by atoms with E-state index >= 15 is 0 Å². The molecular formula is C15H16OS. The maximum Gasteiger partial charge on any atom is 0.177 e. The molecule has 1 aromatic carbocycles. The van der Waals surface area contributed by atoms with Crippen LogP contribution < -0.4 is 0 Å². The number of ketones is 1. The van der Waals surface area contributed by atoms with Gasteiger partial charge in [0.1, 0.15) is 0 Å². The normalized spacial score (nSPS) is 10.5. The number of Topliss-reactive ketones (excluding diaryl/α,β-unsaturated/α-hetero) is 1. The van der Waals surface area contributed by atoms with Crippen molar-refractivity contribution in [2.45, 2.75) is 27.2 Å². The van der Waals surface area contributed by atoms with Gasteiger partial charge in [-0.05, 0) is 38.0 Å². The summed E-state index contributed by atoms with van der Waals surface area (Å²) < 4.78 is 0. The molecule has 0 aliphatic carbocycles. The zero-order chi connectivity index (χ0) is 12.4. The summed E-state index contributed by atoms with van der Waals surface area (Å²) in [6, 6.07) is 10.2. The molecule has 0 aliphatic rings. The number of hydrogen-bond donors (Lipinski definition) is 0. The van der Waals surface area contributed by atoms with Crippen molar-refractivity contribution in [1.29, 1.82) is 0 Å². The number of thiophene rings is 1. The lowest BCUT2D eigenvalue weighted by Gasteiger charge is -1.99. The summed E-state index contributed by atoms with van der Waals surface area (Å²) in [4.78, 5) is 14.2. The Kier molecular flexibility index (Phi) is 3.43. The Morgan fingerprint density at radius 1 is 1.12 bits per heavy atom. The molecule has 1 aromatic heterocycles. The average Bonchev–Trinajstić information content (AvgIpc) is 2.63. The van der Waals surface area contributed by atoms with E-state index in [1.54, 1.807) is 11.3 Å². The third-order valence-corrected chi connectivity index (χ3v) is 4.12. The van der Waals surface area contributed by atoms with E-state index in [9.17, 15) is 4.79 Å². The highest BCUT2D eigenvalue weighted by Gasteiger charge is 2.11. The fourth-order valence-electron chi connectivity index (χ4n) is 1.69. The second kappa shape index (κ2) is 4.84. The Morgan fingerprint density at radius 2 is 1.76 bits per heavy atom. The van der Waals surface area contributed by atoms with Crippen molar-refractivity contribution in [1.82, 2.24) is 0 Å². The van der Waals surface area contributed by atoms with Crippen LogP contribution in [0, 0.1) is 20.8 Å². The summed E-state index contributed by atoms with van der Waals surface area (Å²) in [6.45, 7) is 6.16. The van der Waals surface area contributed by atoms with Crippen LogP contribution in [0.5, 0.6) is 0 Å². The van der Waals surface area contributed by atoms with Gasteiger partial charge in [0.25, 0.3) is 0 Å². The number of hydrogen-bond acceptors (Lipinski definition) is 2. The predicted octanol–water partition coefficient (Wildman–Crippen LogP) is 4.10. The minimum absolute atomic E-state index is 0.218. The molecule has 0 bridgehead atoms. The molecule has 0 fully saturated rings. The number of rotatable bonds is 3. The first-order valence-electron chi connectivity index (χ1n) is 5.72. The van der Waals surface area contributed by atoms with Gasteiger partial charge in [-0.3, -0.25) is 4.79 Å². The van der Waals surface area contributed by atoms with Crippen molar-refractivity contribution in [2.75, 3.05) is 0 Å².